The fourth-order valence-corrected chi connectivity index (χ4v) is 2.30. The van der Waals surface area contributed by atoms with E-state index in [1.54, 1.807) is 7.11 Å². The van der Waals surface area contributed by atoms with Crippen molar-refractivity contribution in [2.45, 2.75) is 24.3 Å². The van der Waals surface area contributed by atoms with Crippen molar-refractivity contribution in [3.63, 3.8) is 0 Å². The molecule has 0 aliphatic heterocycles. The molecule has 0 radical (unpaired) electrons. The summed E-state index contributed by atoms with van der Waals surface area (Å²) in [5.41, 5.74) is 6.34. The molecule has 1 aromatic rings. The Balaban J connectivity index is 2.01. The normalized spacial score (nSPS) is 27.1. The number of methoxy groups -OCH3 is 2. The molecular formula is C13H17NO3. The van der Waals surface area contributed by atoms with Crippen molar-refractivity contribution < 1.29 is 14.3 Å². The van der Waals surface area contributed by atoms with Gasteiger partial charge in [0, 0.05) is 0 Å². The third-order valence-electron chi connectivity index (χ3n) is 3.40. The summed E-state index contributed by atoms with van der Waals surface area (Å²) in [5, 5.41) is 0. The molecule has 17 heavy (non-hydrogen) atoms. The minimum absolute atomic E-state index is 0.317. The molecule has 0 heterocycles. The summed E-state index contributed by atoms with van der Waals surface area (Å²) >= 11 is 0. The fourth-order valence-electron chi connectivity index (χ4n) is 2.30. The molecule has 0 atom stereocenters. The van der Waals surface area contributed by atoms with Crippen LogP contribution in [-0.4, -0.2) is 25.7 Å². The SMILES string of the molecule is COC(=O)C1(N)CC(c2ccc(OC)cc2)C1. The summed E-state index contributed by atoms with van der Waals surface area (Å²) in [6.45, 7) is 0. The number of hydrogen-bond acceptors (Lipinski definition) is 4. The van der Waals surface area contributed by atoms with Gasteiger partial charge in [-0.3, -0.25) is 4.79 Å². The second-order valence-electron chi connectivity index (χ2n) is 4.53. The largest absolute Gasteiger partial charge is 0.497 e. The van der Waals surface area contributed by atoms with E-state index in [4.69, 9.17) is 15.2 Å². The lowest BCUT2D eigenvalue weighted by molar-refractivity contribution is -0.151. The zero-order valence-corrected chi connectivity index (χ0v) is 10.1. The maximum absolute atomic E-state index is 11.4. The van der Waals surface area contributed by atoms with Crippen molar-refractivity contribution in [1.82, 2.24) is 0 Å². The Kier molecular flexibility index (Phi) is 3.07. The zero-order chi connectivity index (χ0) is 12.5. The third-order valence-corrected chi connectivity index (χ3v) is 3.40. The predicted molar refractivity (Wildman–Crippen MR) is 63.9 cm³/mol. The molecule has 1 aliphatic rings. The lowest BCUT2D eigenvalue weighted by Gasteiger charge is -2.42. The Morgan fingerprint density at radius 3 is 2.35 bits per heavy atom. The van der Waals surface area contributed by atoms with Gasteiger partial charge in [-0.2, -0.15) is 0 Å². The van der Waals surface area contributed by atoms with Crippen LogP contribution in [0.5, 0.6) is 5.75 Å². The molecule has 1 fully saturated rings. The molecule has 0 aromatic heterocycles. The topological polar surface area (TPSA) is 61.5 Å². The van der Waals surface area contributed by atoms with E-state index in [2.05, 4.69) is 0 Å². The molecule has 0 spiro atoms. The maximum Gasteiger partial charge on any atom is 0.325 e. The number of esters is 1. The van der Waals surface area contributed by atoms with Crippen LogP contribution in [0, 0.1) is 0 Å². The standard InChI is InChI=1S/C13H17NO3/c1-16-11-5-3-9(4-6-11)10-7-13(14,8-10)12(15)17-2/h3-6,10H,7-8,14H2,1-2H3. The smallest absolute Gasteiger partial charge is 0.325 e. The lowest BCUT2D eigenvalue weighted by atomic mass is 9.66. The minimum atomic E-state index is -0.792. The van der Waals surface area contributed by atoms with Gasteiger partial charge in [-0.25, -0.2) is 0 Å². The number of hydrogen-bond donors (Lipinski definition) is 1. The van der Waals surface area contributed by atoms with Crippen LogP contribution < -0.4 is 10.5 Å². The van der Waals surface area contributed by atoms with Crippen molar-refractivity contribution in [3.8, 4) is 5.75 Å². The Bertz CT molecular complexity index is 407. The van der Waals surface area contributed by atoms with Crippen LogP contribution in [0.4, 0.5) is 0 Å². The Hall–Kier alpha value is -1.55. The molecule has 0 saturated heterocycles. The highest BCUT2D eigenvalue weighted by Gasteiger charge is 2.48. The van der Waals surface area contributed by atoms with E-state index >= 15 is 0 Å². The summed E-state index contributed by atoms with van der Waals surface area (Å²) in [6, 6.07) is 7.87. The van der Waals surface area contributed by atoms with E-state index < -0.39 is 5.54 Å². The fraction of sp³-hybridized carbons (Fsp3) is 0.462. The quantitative estimate of drug-likeness (QED) is 0.805. The van der Waals surface area contributed by atoms with Crippen LogP contribution in [0.3, 0.4) is 0 Å². The van der Waals surface area contributed by atoms with Gasteiger partial charge in [-0.05, 0) is 36.5 Å². The summed E-state index contributed by atoms with van der Waals surface area (Å²) in [4.78, 5) is 11.4. The van der Waals surface area contributed by atoms with Crippen LogP contribution in [-0.2, 0) is 9.53 Å². The van der Waals surface area contributed by atoms with Gasteiger partial charge in [-0.15, -0.1) is 0 Å². The lowest BCUT2D eigenvalue weighted by Crippen LogP contribution is -2.57. The van der Waals surface area contributed by atoms with Gasteiger partial charge in [0.05, 0.1) is 14.2 Å². The molecule has 1 aromatic carbocycles. The number of benzene rings is 1. The van der Waals surface area contributed by atoms with Gasteiger partial charge in [-0.1, -0.05) is 12.1 Å². The van der Waals surface area contributed by atoms with Crippen LogP contribution >= 0.6 is 0 Å². The summed E-state index contributed by atoms with van der Waals surface area (Å²) in [5.74, 6) is 0.854. The van der Waals surface area contributed by atoms with E-state index in [1.165, 1.54) is 12.7 Å². The molecule has 0 bridgehead atoms. The van der Waals surface area contributed by atoms with E-state index in [9.17, 15) is 4.79 Å². The number of carbonyl (C=O) groups excluding carboxylic acids is 1. The van der Waals surface area contributed by atoms with Gasteiger partial charge in [0.25, 0.3) is 0 Å². The molecular weight excluding hydrogens is 218 g/mol. The van der Waals surface area contributed by atoms with E-state index in [-0.39, 0.29) is 5.97 Å². The second kappa shape index (κ2) is 4.37. The first kappa shape index (κ1) is 11.9. The molecule has 2 N–H and O–H groups in total. The summed E-state index contributed by atoms with van der Waals surface area (Å²) < 4.78 is 9.79. The third kappa shape index (κ3) is 2.13. The van der Waals surface area contributed by atoms with E-state index in [0.29, 0.717) is 18.8 Å². The first-order valence-corrected chi connectivity index (χ1v) is 5.60. The molecule has 2 rings (SSSR count). The van der Waals surface area contributed by atoms with Crippen molar-refractivity contribution in [1.29, 1.82) is 0 Å². The van der Waals surface area contributed by atoms with Gasteiger partial charge in [0.1, 0.15) is 11.3 Å². The van der Waals surface area contributed by atoms with Crippen molar-refractivity contribution in [3.05, 3.63) is 29.8 Å². The number of carbonyl (C=O) groups is 1. The van der Waals surface area contributed by atoms with Gasteiger partial charge in [0.15, 0.2) is 0 Å². The van der Waals surface area contributed by atoms with Gasteiger partial charge < -0.3 is 15.2 Å². The highest BCUT2D eigenvalue weighted by atomic mass is 16.5. The Labute approximate surface area is 101 Å². The molecule has 4 heteroatoms. The predicted octanol–water partition coefficient (Wildman–Crippen LogP) is 1.44. The summed E-state index contributed by atoms with van der Waals surface area (Å²) in [7, 11) is 3.01. The average molecular weight is 235 g/mol. The Morgan fingerprint density at radius 2 is 1.88 bits per heavy atom. The minimum Gasteiger partial charge on any atom is -0.497 e. The highest BCUT2D eigenvalue weighted by Crippen LogP contribution is 2.43. The van der Waals surface area contributed by atoms with Crippen molar-refractivity contribution in [2.24, 2.45) is 5.73 Å². The monoisotopic (exact) mass is 235 g/mol. The number of nitrogens with two attached hydrogens (primary N) is 1. The van der Waals surface area contributed by atoms with E-state index in [0.717, 1.165) is 5.75 Å². The van der Waals surface area contributed by atoms with Crippen LogP contribution in [0.2, 0.25) is 0 Å². The summed E-state index contributed by atoms with van der Waals surface area (Å²) in [6.07, 6.45) is 1.29. The van der Waals surface area contributed by atoms with Crippen LogP contribution in [0.15, 0.2) is 24.3 Å². The van der Waals surface area contributed by atoms with Crippen LogP contribution in [0.1, 0.15) is 24.3 Å². The first-order chi connectivity index (χ1) is 8.09. The van der Waals surface area contributed by atoms with Gasteiger partial charge >= 0.3 is 5.97 Å². The molecule has 92 valence electrons. The number of rotatable bonds is 3. The molecule has 1 aliphatic carbocycles. The van der Waals surface area contributed by atoms with Gasteiger partial charge in [0.2, 0.25) is 0 Å². The van der Waals surface area contributed by atoms with Crippen molar-refractivity contribution >= 4 is 5.97 Å². The first-order valence-electron chi connectivity index (χ1n) is 5.60. The van der Waals surface area contributed by atoms with Crippen molar-refractivity contribution in [2.75, 3.05) is 14.2 Å². The molecule has 0 unspecified atom stereocenters. The average Bonchev–Trinajstić information content (AvgIpc) is 2.34. The molecule has 1 saturated carbocycles. The second-order valence-corrected chi connectivity index (χ2v) is 4.53. The maximum atomic E-state index is 11.4. The highest BCUT2D eigenvalue weighted by molar-refractivity contribution is 5.82. The molecule has 4 nitrogen and oxygen atoms in total. The zero-order valence-electron chi connectivity index (χ0n) is 10.1. The Morgan fingerprint density at radius 1 is 1.29 bits per heavy atom. The van der Waals surface area contributed by atoms with Crippen LogP contribution in [0.25, 0.3) is 0 Å². The van der Waals surface area contributed by atoms with E-state index in [1.807, 2.05) is 24.3 Å². The molecule has 0 amide bonds. The number of ether oxygens (including phenoxy) is 2.